The van der Waals surface area contributed by atoms with Crippen LogP contribution in [0, 0.1) is 12.3 Å². The second-order valence-corrected chi connectivity index (χ2v) is 15.1. The Bertz CT molecular complexity index is 1780. The van der Waals surface area contributed by atoms with Crippen molar-refractivity contribution >= 4 is 42.1 Å². The summed E-state index contributed by atoms with van der Waals surface area (Å²) in [4.78, 5) is 49.7. The predicted molar refractivity (Wildman–Crippen MR) is 237 cm³/mol. The van der Waals surface area contributed by atoms with Crippen molar-refractivity contribution in [3.05, 3.63) is 23.8 Å². The van der Waals surface area contributed by atoms with Gasteiger partial charge in [-0.05, 0) is 64.5 Å². The Kier molecular flexibility index (Phi) is 22.6. The number of amides is 2. The molecule has 344 valence electrons. The van der Waals surface area contributed by atoms with Crippen molar-refractivity contribution < 1.29 is 23.8 Å². The molecule has 0 spiro atoms. The van der Waals surface area contributed by atoms with Gasteiger partial charge in [0.15, 0.2) is 0 Å². The van der Waals surface area contributed by atoms with E-state index in [1.165, 1.54) is 0 Å². The molecule has 0 aromatic carbocycles. The van der Waals surface area contributed by atoms with E-state index in [2.05, 4.69) is 48.6 Å². The second kappa shape index (κ2) is 28.1. The molecule has 2 aliphatic heterocycles. The smallest absolute Gasteiger partial charge is 0.247 e. The predicted octanol–water partition coefficient (Wildman–Crippen LogP) is 0.563. The molecule has 0 radical (unpaired) electrons. The number of rotatable bonds is 28. The Balaban J connectivity index is 0.00000845. The van der Waals surface area contributed by atoms with Crippen LogP contribution in [0.2, 0.25) is 0 Å². The molecule has 1 atom stereocenters. The number of nitrogens with two attached hydrogens (primary N) is 2. The quantitative estimate of drug-likeness (QED) is 0.0667. The Morgan fingerprint density at radius 1 is 0.758 bits per heavy atom. The van der Waals surface area contributed by atoms with E-state index in [4.69, 9.17) is 47.1 Å². The molecule has 2 saturated heterocycles. The molecular weight excluding hydrogens is 820 g/mol. The Morgan fingerprint density at radius 2 is 1.35 bits per heavy atom. The van der Waals surface area contributed by atoms with Crippen LogP contribution in [0.4, 0.5) is 17.8 Å². The minimum Gasteiger partial charge on any atom is -0.377 e. The highest BCUT2D eigenvalue weighted by molar-refractivity contribution is 5.85. The average Bonchev–Trinajstić information content (AvgIpc) is 3.95. The zero-order chi connectivity index (χ0) is 43.1. The third kappa shape index (κ3) is 16.2. The molecule has 2 amide bonds. The molecule has 2 aliphatic rings. The van der Waals surface area contributed by atoms with E-state index >= 15 is 0 Å². The van der Waals surface area contributed by atoms with E-state index in [-0.39, 0.29) is 37.4 Å². The van der Waals surface area contributed by atoms with Crippen LogP contribution in [-0.4, -0.2) is 178 Å². The molecule has 3 aromatic rings. The van der Waals surface area contributed by atoms with Gasteiger partial charge in [0.05, 0.1) is 44.4 Å². The lowest BCUT2D eigenvalue weighted by Gasteiger charge is -2.37. The molecule has 21 nitrogen and oxygen atoms in total. The molecule has 2 fully saturated rings. The number of hydrogen-bond donors (Lipinski definition) is 3. The molecular formula is C40H67ClN16O5. The highest BCUT2D eigenvalue weighted by Crippen LogP contribution is 2.23. The first kappa shape index (κ1) is 49.9. The van der Waals surface area contributed by atoms with Crippen molar-refractivity contribution in [2.75, 3.05) is 127 Å². The minimum atomic E-state index is -0.437. The fraction of sp³-hybridized carbons (Fsp3) is 0.725. The number of nitrogens with one attached hydrogen (secondary N) is 1. The summed E-state index contributed by atoms with van der Waals surface area (Å²) in [5.41, 5.74) is 13.2. The van der Waals surface area contributed by atoms with Crippen LogP contribution >= 0.6 is 12.4 Å². The molecule has 0 unspecified atom stereocenters. The van der Waals surface area contributed by atoms with Gasteiger partial charge in [0, 0.05) is 71.3 Å². The van der Waals surface area contributed by atoms with Crippen molar-refractivity contribution in [3.8, 4) is 12.3 Å². The maximum atomic E-state index is 14.0. The standard InChI is InChI=1S/C40H66N16O5.ClH/c1-3-5-10-34-31-56(50-48-34)35(12-7-9-14-42)37(58)52-18-22-54(23-19-52)40-45-38(43-15-25-60-27-29-61-28-26-59-24-4-2)44-39(46-40)53-20-16-51(17-21-53)36(57)32-55-30-33(47-49-55)11-6-8-13-41;/h2,30-31,35H,3,5-29,32,41-42H2,1H3,(H,43,44,45,46);1H/t35-;/m0./s1. The van der Waals surface area contributed by atoms with Gasteiger partial charge in [-0.25, -0.2) is 9.36 Å². The number of terminal acetylenes is 1. The fourth-order valence-electron chi connectivity index (χ4n) is 7.02. The van der Waals surface area contributed by atoms with Gasteiger partial charge in [0.1, 0.15) is 19.2 Å². The van der Waals surface area contributed by atoms with Gasteiger partial charge < -0.3 is 50.6 Å². The zero-order valence-corrected chi connectivity index (χ0v) is 37.1. The first-order valence-corrected chi connectivity index (χ1v) is 21.8. The Labute approximate surface area is 371 Å². The van der Waals surface area contributed by atoms with Crippen molar-refractivity contribution in [1.82, 2.24) is 54.7 Å². The van der Waals surface area contributed by atoms with Crippen LogP contribution in [0.15, 0.2) is 12.4 Å². The maximum absolute atomic E-state index is 14.0. The number of carbonyl (C=O) groups is 2. The number of aromatic nitrogens is 9. The summed E-state index contributed by atoms with van der Waals surface area (Å²) in [7, 11) is 0. The largest absolute Gasteiger partial charge is 0.377 e. The first-order valence-electron chi connectivity index (χ1n) is 21.8. The average molecular weight is 888 g/mol. The van der Waals surface area contributed by atoms with Crippen molar-refractivity contribution in [3.63, 3.8) is 0 Å². The van der Waals surface area contributed by atoms with Crippen LogP contribution in [0.5, 0.6) is 0 Å². The normalized spacial score (nSPS) is 14.7. The second-order valence-electron chi connectivity index (χ2n) is 15.1. The lowest BCUT2D eigenvalue weighted by Crippen LogP contribution is -2.51. The highest BCUT2D eigenvalue weighted by atomic mass is 35.5. The van der Waals surface area contributed by atoms with Crippen LogP contribution in [-0.2, 0) is 43.2 Å². The van der Waals surface area contributed by atoms with Gasteiger partial charge in [0.25, 0.3) is 0 Å². The van der Waals surface area contributed by atoms with E-state index in [9.17, 15) is 9.59 Å². The number of halogens is 1. The summed E-state index contributed by atoms with van der Waals surface area (Å²) in [6.07, 6.45) is 16.8. The van der Waals surface area contributed by atoms with E-state index in [0.717, 1.165) is 62.8 Å². The zero-order valence-electron chi connectivity index (χ0n) is 36.3. The van der Waals surface area contributed by atoms with Gasteiger partial charge >= 0.3 is 0 Å². The lowest BCUT2D eigenvalue weighted by molar-refractivity contribution is -0.135. The lowest BCUT2D eigenvalue weighted by atomic mass is 10.1. The van der Waals surface area contributed by atoms with E-state index < -0.39 is 6.04 Å². The van der Waals surface area contributed by atoms with E-state index in [1.807, 2.05) is 22.2 Å². The van der Waals surface area contributed by atoms with E-state index in [1.54, 1.807) is 9.36 Å². The van der Waals surface area contributed by atoms with Gasteiger partial charge in [-0.15, -0.1) is 29.0 Å². The number of nitrogens with zero attached hydrogens (tertiary/aromatic N) is 13. The highest BCUT2D eigenvalue weighted by Gasteiger charge is 2.31. The summed E-state index contributed by atoms with van der Waals surface area (Å²) >= 11 is 0. The molecule has 5 N–H and O–H groups in total. The van der Waals surface area contributed by atoms with Crippen LogP contribution < -0.4 is 26.6 Å². The molecule has 0 bridgehead atoms. The number of carbonyl (C=O) groups excluding carboxylic acids is 2. The molecule has 0 aliphatic carbocycles. The van der Waals surface area contributed by atoms with Gasteiger partial charge in [-0.3, -0.25) is 9.59 Å². The third-order valence-corrected chi connectivity index (χ3v) is 10.5. The van der Waals surface area contributed by atoms with Gasteiger partial charge in [-0.2, -0.15) is 15.0 Å². The Morgan fingerprint density at radius 3 is 2.02 bits per heavy atom. The van der Waals surface area contributed by atoms with Crippen molar-refractivity contribution in [2.45, 2.75) is 77.3 Å². The number of piperazine rings is 2. The summed E-state index contributed by atoms with van der Waals surface area (Å²) in [6.45, 7) is 10.6. The Hall–Kier alpha value is -4.72. The van der Waals surface area contributed by atoms with Gasteiger partial charge in [-0.1, -0.05) is 29.7 Å². The first-order chi connectivity index (χ1) is 29.9. The van der Waals surface area contributed by atoms with Gasteiger partial charge in [0.2, 0.25) is 29.7 Å². The number of aryl methyl sites for hydroxylation is 2. The number of unbranched alkanes of at least 4 members (excludes halogenated alkanes) is 3. The maximum Gasteiger partial charge on any atom is 0.247 e. The molecule has 0 saturated carbocycles. The molecule has 62 heavy (non-hydrogen) atoms. The molecule has 5 heterocycles. The number of hydrogen-bond acceptors (Lipinski definition) is 17. The minimum absolute atomic E-state index is 0. The van der Waals surface area contributed by atoms with Crippen molar-refractivity contribution in [2.24, 2.45) is 11.5 Å². The molecule has 22 heteroatoms. The third-order valence-electron chi connectivity index (χ3n) is 10.5. The summed E-state index contributed by atoms with van der Waals surface area (Å²) in [5, 5.41) is 20.4. The topological polar surface area (TPSA) is 239 Å². The van der Waals surface area contributed by atoms with Crippen LogP contribution in [0.1, 0.15) is 69.3 Å². The van der Waals surface area contributed by atoms with Crippen LogP contribution in [0.3, 0.4) is 0 Å². The SMILES string of the molecule is C#CCOCCOCCOCCNc1nc(N2CCN(C(=O)Cn3cc(CCCCN)nn3)CC2)nc(N2CCN(C(=O)[C@H](CCCCN)n3cc(CCCC)nn3)CC2)n1.Cl. The summed E-state index contributed by atoms with van der Waals surface area (Å²) in [5.74, 6) is 3.89. The summed E-state index contributed by atoms with van der Waals surface area (Å²) in [6, 6.07) is -0.437. The van der Waals surface area contributed by atoms with Crippen LogP contribution in [0.25, 0.3) is 0 Å². The molecule has 5 rings (SSSR count). The van der Waals surface area contributed by atoms with E-state index in [0.29, 0.717) is 129 Å². The summed E-state index contributed by atoms with van der Waals surface area (Å²) < 4.78 is 19.8. The fourth-order valence-corrected chi connectivity index (χ4v) is 7.02. The molecule has 3 aromatic heterocycles. The van der Waals surface area contributed by atoms with Crippen molar-refractivity contribution in [1.29, 1.82) is 0 Å². The monoisotopic (exact) mass is 887 g/mol. The number of anilines is 3. The number of ether oxygens (including phenoxy) is 3.